The summed E-state index contributed by atoms with van der Waals surface area (Å²) in [6.45, 7) is 1.84. The highest BCUT2D eigenvalue weighted by atomic mass is 32.2. The number of aromatic nitrogens is 3. The number of sulfone groups is 1. The highest BCUT2D eigenvalue weighted by Crippen LogP contribution is 2.27. The molecule has 11 heteroatoms. The second-order valence-corrected chi connectivity index (χ2v) is 10.7. The molecular weight excluding hydrogens is 480 g/mol. The van der Waals surface area contributed by atoms with Crippen LogP contribution in [0.3, 0.4) is 0 Å². The second-order valence-electron chi connectivity index (χ2n) is 8.73. The lowest BCUT2D eigenvalue weighted by Gasteiger charge is -2.12. The molecule has 3 N–H and O–H groups in total. The summed E-state index contributed by atoms with van der Waals surface area (Å²) in [5.41, 5.74) is 3.43. The second kappa shape index (κ2) is 9.78. The molecule has 36 heavy (non-hydrogen) atoms. The van der Waals surface area contributed by atoms with Gasteiger partial charge in [0.15, 0.2) is 15.5 Å². The number of anilines is 1. The van der Waals surface area contributed by atoms with Crippen molar-refractivity contribution < 1.29 is 18.0 Å². The van der Waals surface area contributed by atoms with Crippen molar-refractivity contribution in [2.24, 2.45) is 5.92 Å². The van der Waals surface area contributed by atoms with Gasteiger partial charge in [-0.1, -0.05) is 25.1 Å². The van der Waals surface area contributed by atoms with E-state index in [1.165, 1.54) is 11.0 Å². The number of fused-ring (bicyclic) bond motifs is 1. The summed E-state index contributed by atoms with van der Waals surface area (Å²) in [5.74, 6) is -0.634. The number of carbonyl (C=O) groups is 2. The maximum absolute atomic E-state index is 13.1. The van der Waals surface area contributed by atoms with Crippen molar-refractivity contribution in [3.05, 3.63) is 77.3 Å². The van der Waals surface area contributed by atoms with Gasteiger partial charge in [-0.3, -0.25) is 14.9 Å². The third-order valence-electron chi connectivity index (χ3n) is 5.49. The predicted octanol–water partition coefficient (Wildman–Crippen LogP) is 3.47. The van der Waals surface area contributed by atoms with E-state index in [1.807, 2.05) is 25.1 Å². The zero-order chi connectivity index (χ0) is 26.0. The van der Waals surface area contributed by atoms with Crippen LogP contribution >= 0.6 is 0 Å². The Bertz CT molecular complexity index is 1550. The number of urea groups is 1. The molecule has 186 valence electrons. The summed E-state index contributed by atoms with van der Waals surface area (Å²) in [4.78, 5) is 30.9. The quantitative estimate of drug-likeness (QED) is 0.485. The molecule has 3 aromatic rings. The molecule has 0 aliphatic heterocycles. The number of H-pyrrole nitrogens is 1. The standard InChI is InChI=1S/C25H26N6O4S/c1-15-9-18(6-7-20(10-15)36(4,34)35)27-24(32)23-21-12-16(5-8-22(21)29-30-23)17-11-19(14-26-13-17)28-25(33)31(2)3/h5-15H,1-4H3,(H,27,32)(H,28,33)(H,29,30). The van der Waals surface area contributed by atoms with Crippen LogP contribution < -0.4 is 10.6 Å². The first-order valence-corrected chi connectivity index (χ1v) is 13.0. The van der Waals surface area contributed by atoms with Crippen LogP contribution in [0.5, 0.6) is 0 Å². The highest BCUT2D eigenvalue weighted by molar-refractivity contribution is 7.94. The summed E-state index contributed by atoms with van der Waals surface area (Å²) in [7, 11) is -0.0761. The smallest absolute Gasteiger partial charge is 0.321 e. The predicted molar refractivity (Wildman–Crippen MR) is 139 cm³/mol. The Morgan fingerprint density at radius 3 is 2.53 bits per heavy atom. The summed E-state index contributed by atoms with van der Waals surface area (Å²) in [6, 6.07) is 7.03. The number of amides is 3. The Kier molecular flexibility index (Phi) is 6.75. The van der Waals surface area contributed by atoms with Gasteiger partial charge < -0.3 is 15.5 Å². The molecular formula is C25H26N6O4S. The molecule has 2 aromatic heterocycles. The number of allylic oxidation sites excluding steroid dienone is 4. The third-order valence-corrected chi connectivity index (χ3v) is 6.62. The molecule has 1 unspecified atom stereocenters. The van der Waals surface area contributed by atoms with Gasteiger partial charge in [-0.05, 0) is 41.8 Å². The van der Waals surface area contributed by atoms with E-state index in [4.69, 9.17) is 0 Å². The Balaban J connectivity index is 1.60. The minimum atomic E-state index is -3.37. The topological polar surface area (TPSA) is 137 Å². The summed E-state index contributed by atoms with van der Waals surface area (Å²) in [5, 5.41) is 13.2. The average Bonchev–Trinajstić information content (AvgIpc) is 3.14. The van der Waals surface area contributed by atoms with Crippen LogP contribution in [-0.4, -0.2) is 60.8 Å². The molecule has 10 nitrogen and oxygen atoms in total. The van der Waals surface area contributed by atoms with Gasteiger partial charge >= 0.3 is 6.03 Å². The van der Waals surface area contributed by atoms with Crippen LogP contribution in [0, 0.1) is 5.92 Å². The Labute approximate surface area is 208 Å². The van der Waals surface area contributed by atoms with E-state index < -0.39 is 15.7 Å². The van der Waals surface area contributed by atoms with Gasteiger partial charge in [0.25, 0.3) is 5.91 Å². The van der Waals surface area contributed by atoms with Gasteiger partial charge in [-0.2, -0.15) is 5.10 Å². The van der Waals surface area contributed by atoms with E-state index in [0.717, 1.165) is 17.4 Å². The average molecular weight is 507 g/mol. The molecule has 1 aromatic carbocycles. The first-order valence-electron chi connectivity index (χ1n) is 11.1. The molecule has 0 spiro atoms. The monoisotopic (exact) mass is 506 g/mol. The number of rotatable bonds is 5. The fraction of sp³-hybridized carbons (Fsp3) is 0.200. The number of hydrogen-bond donors (Lipinski definition) is 3. The van der Waals surface area contributed by atoms with Gasteiger partial charge in [-0.25, -0.2) is 13.2 Å². The first-order chi connectivity index (χ1) is 17.0. The molecule has 0 saturated heterocycles. The molecule has 0 fully saturated rings. The van der Waals surface area contributed by atoms with Crippen LogP contribution in [0.2, 0.25) is 0 Å². The number of pyridine rings is 1. The molecule has 0 bridgehead atoms. The molecule has 4 rings (SSSR count). The Morgan fingerprint density at radius 2 is 1.81 bits per heavy atom. The minimum Gasteiger partial charge on any atom is -0.331 e. The zero-order valence-electron chi connectivity index (χ0n) is 20.2. The van der Waals surface area contributed by atoms with Crippen molar-refractivity contribution >= 4 is 38.4 Å². The van der Waals surface area contributed by atoms with Crippen molar-refractivity contribution in [1.82, 2.24) is 25.4 Å². The molecule has 0 saturated carbocycles. The van der Waals surface area contributed by atoms with E-state index in [2.05, 4.69) is 25.8 Å². The van der Waals surface area contributed by atoms with Crippen molar-refractivity contribution in [1.29, 1.82) is 0 Å². The van der Waals surface area contributed by atoms with Crippen molar-refractivity contribution in [3.8, 4) is 11.1 Å². The van der Waals surface area contributed by atoms with Crippen LogP contribution in [0.15, 0.2) is 71.6 Å². The Hall–Kier alpha value is -4.25. The van der Waals surface area contributed by atoms with Crippen LogP contribution in [0.25, 0.3) is 22.0 Å². The minimum absolute atomic E-state index is 0.194. The zero-order valence-corrected chi connectivity index (χ0v) is 21.1. The van der Waals surface area contributed by atoms with Crippen LogP contribution in [0.1, 0.15) is 17.4 Å². The van der Waals surface area contributed by atoms with Crippen LogP contribution in [0.4, 0.5) is 10.5 Å². The number of carbonyl (C=O) groups excluding carboxylic acids is 2. The SMILES string of the molecule is CC1C=C(NC(=O)c2n[nH]c3ccc(-c4cncc(NC(=O)N(C)C)c4)cc23)C=CC(S(C)(=O)=O)=C1. The lowest BCUT2D eigenvalue weighted by Crippen LogP contribution is -2.27. The number of aromatic amines is 1. The van der Waals surface area contributed by atoms with Gasteiger partial charge in [0, 0.05) is 43.2 Å². The fourth-order valence-electron chi connectivity index (χ4n) is 3.66. The number of benzene rings is 1. The molecule has 1 aliphatic rings. The van der Waals surface area contributed by atoms with Gasteiger partial charge in [-0.15, -0.1) is 0 Å². The fourth-order valence-corrected chi connectivity index (χ4v) is 4.44. The number of hydrogen-bond acceptors (Lipinski definition) is 6. The van der Waals surface area contributed by atoms with Crippen molar-refractivity contribution in [3.63, 3.8) is 0 Å². The third kappa shape index (κ3) is 5.52. The molecule has 0 radical (unpaired) electrons. The summed E-state index contributed by atoms with van der Waals surface area (Å²) in [6.07, 6.45) is 10.8. The maximum atomic E-state index is 13.1. The Morgan fingerprint density at radius 1 is 1.03 bits per heavy atom. The van der Waals surface area contributed by atoms with E-state index in [9.17, 15) is 18.0 Å². The van der Waals surface area contributed by atoms with Crippen LogP contribution in [-0.2, 0) is 9.84 Å². The number of nitrogens with one attached hydrogen (secondary N) is 3. The first kappa shape index (κ1) is 24.9. The van der Waals surface area contributed by atoms with E-state index in [-0.39, 0.29) is 22.5 Å². The van der Waals surface area contributed by atoms with Gasteiger partial charge in [0.05, 0.1) is 22.3 Å². The van der Waals surface area contributed by atoms with E-state index >= 15 is 0 Å². The number of nitrogens with zero attached hydrogens (tertiary/aromatic N) is 3. The molecule has 2 heterocycles. The highest BCUT2D eigenvalue weighted by Gasteiger charge is 2.18. The summed E-state index contributed by atoms with van der Waals surface area (Å²) >= 11 is 0. The van der Waals surface area contributed by atoms with E-state index in [0.29, 0.717) is 22.3 Å². The van der Waals surface area contributed by atoms with Gasteiger partial charge in [0.1, 0.15) is 0 Å². The molecule has 1 aliphatic carbocycles. The maximum Gasteiger partial charge on any atom is 0.321 e. The normalized spacial score (nSPS) is 15.6. The lowest BCUT2D eigenvalue weighted by atomic mass is 10.0. The van der Waals surface area contributed by atoms with Crippen molar-refractivity contribution in [2.75, 3.05) is 25.7 Å². The molecule has 1 atom stereocenters. The largest absolute Gasteiger partial charge is 0.331 e. The van der Waals surface area contributed by atoms with Gasteiger partial charge in [0.2, 0.25) is 0 Å². The van der Waals surface area contributed by atoms with Crippen molar-refractivity contribution in [2.45, 2.75) is 6.92 Å². The van der Waals surface area contributed by atoms with E-state index in [1.54, 1.807) is 50.8 Å². The summed E-state index contributed by atoms with van der Waals surface area (Å²) < 4.78 is 23.9. The lowest BCUT2D eigenvalue weighted by molar-refractivity contribution is 0.0963. The molecule has 3 amide bonds.